The number of benzene rings is 1. The van der Waals surface area contributed by atoms with E-state index in [1.165, 1.54) is 19.2 Å². The first-order chi connectivity index (χ1) is 14.7. The summed E-state index contributed by atoms with van der Waals surface area (Å²) in [5.74, 6) is -2.06. The van der Waals surface area contributed by atoms with Crippen LogP contribution in [-0.2, 0) is 19.1 Å². The summed E-state index contributed by atoms with van der Waals surface area (Å²) < 4.78 is 20.6. The summed E-state index contributed by atoms with van der Waals surface area (Å²) in [5.41, 5.74) is 5.30. The number of amides is 3. The van der Waals surface area contributed by atoms with Gasteiger partial charge in [0.1, 0.15) is 6.61 Å². The summed E-state index contributed by atoms with van der Waals surface area (Å²) in [4.78, 5) is 47.4. The Balaban J connectivity index is 2.23. The number of ether oxygens (including phenoxy) is 4. The van der Waals surface area contributed by atoms with E-state index < -0.39 is 43.1 Å². The molecular formula is C19H22ClN3O8. The molecule has 12 heteroatoms. The SMILES string of the molecule is CCOC(=O)C1=C(COC(=O)c2cc(Cl)c(OCC(N)=O)c(OC)c2)NC(=O)NC1C. The van der Waals surface area contributed by atoms with Gasteiger partial charge in [-0.1, -0.05) is 11.6 Å². The molecule has 0 spiro atoms. The van der Waals surface area contributed by atoms with Crippen molar-refractivity contribution in [1.29, 1.82) is 0 Å². The molecule has 0 saturated heterocycles. The van der Waals surface area contributed by atoms with Gasteiger partial charge in [0.05, 0.1) is 41.6 Å². The molecular weight excluding hydrogens is 434 g/mol. The predicted octanol–water partition coefficient (Wildman–Crippen LogP) is 0.888. The summed E-state index contributed by atoms with van der Waals surface area (Å²) in [6.07, 6.45) is 0. The van der Waals surface area contributed by atoms with Crippen molar-refractivity contribution < 1.29 is 38.1 Å². The lowest BCUT2D eigenvalue weighted by atomic mass is 10.0. The second-order valence-electron chi connectivity index (χ2n) is 6.25. The van der Waals surface area contributed by atoms with Crippen LogP contribution in [0, 0.1) is 0 Å². The highest BCUT2D eigenvalue weighted by Crippen LogP contribution is 2.36. The number of hydrogen-bond acceptors (Lipinski definition) is 8. The Morgan fingerprint density at radius 3 is 2.52 bits per heavy atom. The summed E-state index contributed by atoms with van der Waals surface area (Å²) in [7, 11) is 1.32. The first-order valence-electron chi connectivity index (χ1n) is 9.11. The lowest BCUT2D eigenvalue weighted by Crippen LogP contribution is -2.50. The molecule has 0 fully saturated rings. The molecule has 1 aromatic carbocycles. The van der Waals surface area contributed by atoms with E-state index in [1.54, 1.807) is 13.8 Å². The Bertz CT molecular complexity index is 931. The molecule has 31 heavy (non-hydrogen) atoms. The van der Waals surface area contributed by atoms with Crippen LogP contribution in [0.5, 0.6) is 11.5 Å². The Morgan fingerprint density at radius 2 is 1.90 bits per heavy atom. The van der Waals surface area contributed by atoms with E-state index in [9.17, 15) is 19.2 Å². The van der Waals surface area contributed by atoms with Gasteiger partial charge in [-0.2, -0.15) is 0 Å². The Hall–Kier alpha value is -3.47. The molecule has 0 radical (unpaired) electrons. The van der Waals surface area contributed by atoms with Crippen LogP contribution < -0.4 is 25.8 Å². The number of nitrogens with two attached hydrogens (primary N) is 1. The van der Waals surface area contributed by atoms with Gasteiger partial charge in [0.15, 0.2) is 18.1 Å². The number of esters is 2. The molecule has 3 amide bonds. The molecule has 168 valence electrons. The fraction of sp³-hybridized carbons (Fsp3) is 0.368. The average Bonchev–Trinajstić information content (AvgIpc) is 2.69. The average molecular weight is 456 g/mol. The van der Waals surface area contributed by atoms with Crippen LogP contribution in [0.4, 0.5) is 4.79 Å². The summed E-state index contributed by atoms with van der Waals surface area (Å²) in [6.45, 7) is 2.55. The zero-order valence-corrected chi connectivity index (χ0v) is 17.8. The minimum absolute atomic E-state index is 0.0113. The maximum absolute atomic E-state index is 12.5. The quantitative estimate of drug-likeness (QED) is 0.463. The van der Waals surface area contributed by atoms with E-state index >= 15 is 0 Å². The van der Waals surface area contributed by atoms with Gasteiger partial charge in [0.2, 0.25) is 0 Å². The minimum atomic E-state index is -0.808. The van der Waals surface area contributed by atoms with Gasteiger partial charge in [-0.3, -0.25) is 4.79 Å². The normalized spacial score (nSPS) is 15.5. The third kappa shape index (κ3) is 6.01. The number of primary amides is 1. The molecule has 1 unspecified atom stereocenters. The highest BCUT2D eigenvalue weighted by Gasteiger charge is 2.30. The molecule has 4 N–H and O–H groups in total. The molecule has 1 atom stereocenters. The number of urea groups is 1. The van der Waals surface area contributed by atoms with Crippen LogP contribution in [0.25, 0.3) is 0 Å². The zero-order chi connectivity index (χ0) is 23.1. The topological polar surface area (TPSA) is 155 Å². The number of carbonyl (C=O) groups excluding carboxylic acids is 4. The zero-order valence-electron chi connectivity index (χ0n) is 17.1. The van der Waals surface area contributed by atoms with Crippen molar-refractivity contribution in [3.05, 3.63) is 34.0 Å². The first kappa shape index (κ1) is 23.8. The smallest absolute Gasteiger partial charge is 0.338 e. The van der Waals surface area contributed by atoms with E-state index in [0.29, 0.717) is 0 Å². The van der Waals surface area contributed by atoms with Crippen molar-refractivity contribution in [2.24, 2.45) is 5.73 Å². The van der Waals surface area contributed by atoms with Crippen molar-refractivity contribution in [3.8, 4) is 11.5 Å². The van der Waals surface area contributed by atoms with Crippen molar-refractivity contribution in [2.45, 2.75) is 19.9 Å². The molecule has 0 aliphatic carbocycles. The van der Waals surface area contributed by atoms with Gasteiger partial charge in [-0.05, 0) is 26.0 Å². The minimum Gasteiger partial charge on any atom is -0.493 e. The maximum atomic E-state index is 12.5. The van der Waals surface area contributed by atoms with Gasteiger partial charge in [0, 0.05) is 0 Å². The number of nitrogens with one attached hydrogen (secondary N) is 2. The monoisotopic (exact) mass is 455 g/mol. The largest absolute Gasteiger partial charge is 0.493 e. The van der Waals surface area contributed by atoms with Crippen LogP contribution in [0.15, 0.2) is 23.4 Å². The number of rotatable bonds is 9. The second kappa shape index (κ2) is 10.5. The van der Waals surface area contributed by atoms with Crippen LogP contribution in [0.3, 0.4) is 0 Å². The summed E-state index contributed by atoms with van der Waals surface area (Å²) in [5, 5.41) is 4.98. The summed E-state index contributed by atoms with van der Waals surface area (Å²) in [6, 6.07) is 1.37. The third-order valence-electron chi connectivity index (χ3n) is 4.04. The fourth-order valence-corrected chi connectivity index (χ4v) is 3.00. The van der Waals surface area contributed by atoms with Crippen LogP contribution in [0.2, 0.25) is 5.02 Å². The van der Waals surface area contributed by atoms with E-state index in [2.05, 4.69) is 10.6 Å². The van der Waals surface area contributed by atoms with Crippen LogP contribution >= 0.6 is 11.6 Å². The molecule has 11 nitrogen and oxygen atoms in total. The van der Waals surface area contributed by atoms with Crippen LogP contribution in [-0.4, -0.2) is 56.8 Å². The van der Waals surface area contributed by atoms with Gasteiger partial charge < -0.3 is 35.3 Å². The molecule has 2 rings (SSSR count). The van der Waals surface area contributed by atoms with Gasteiger partial charge >= 0.3 is 18.0 Å². The Kier molecular flexibility index (Phi) is 8.08. The predicted molar refractivity (Wildman–Crippen MR) is 108 cm³/mol. The van der Waals surface area contributed by atoms with E-state index in [0.717, 1.165) is 0 Å². The van der Waals surface area contributed by atoms with E-state index in [4.69, 9.17) is 36.3 Å². The Morgan fingerprint density at radius 1 is 1.19 bits per heavy atom. The maximum Gasteiger partial charge on any atom is 0.338 e. The van der Waals surface area contributed by atoms with E-state index in [1.807, 2.05) is 0 Å². The van der Waals surface area contributed by atoms with Gasteiger partial charge in [-0.25, -0.2) is 14.4 Å². The highest BCUT2D eigenvalue weighted by atomic mass is 35.5. The highest BCUT2D eigenvalue weighted by molar-refractivity contribution is 6.32. The summed E-state index contributed by atoms with van der Waals surface area (Å²) >= 11 is 6.13. The van der Waals surface area contributed by atoms with Crippen molar-refractivity contribution in [2.75, 3.05) is 26.9 Å². The van der Waals surface area contributed by atoms with Crippen molar-refractivity contribution in [3.63, 3.8) is 0 Å². The second-order valence-corrected chi connectivity index (χ2v) is 6.66. The molecule has 0 aromatic heterocycles. The van der Waals surface area contributed by atoms with Crippen molar-refractivity contribution >= 4 is 35.5 Å². The molecule has 1 heterocycles. The first-order valence-corrected chi connectivity index (χ1v) is 9.49. The fourth-order valence-electron chi connectivity index (χ4n) is 2.74. The number of methoxy groups -OCH3 is 1. The number of hydrogen-bond donors (Lipinski definition) is 3. The Labute approximate surface area is 182 Å². The lowest BCUT2D eigenvalue weighted by Gasteiger charge is -2.26. The molecule has 0 saturated carbocycles. The van der Waals surface area contributed by atoms with Gasteiger partial charge in [-0.15, -0.1) is 0 Å². The van der Waals surface area contributed by atoms with Crippen LogP contribution in [0.1, 0.15) is 24.2 Å². The standard InChI is InChI=1S/C19H22ClN3O8/c1-4-29-18(26)15-9(2)22-19(27)23-12(15)7-31-17(25)10-5-11(20)16(13(6-10)28-3)30-8-14(21)24/h5-6,9H,4,7-8H2,1-3H3,(H2,21,24)(H2,22,23,27). The van der Waals surface area contributed by atoms with E-state index in [-0.39, 0.29) is 40.0 Å². The number of halogens is 1. The molecule has 1 aliphatic rings. The number of carbonyl (C=O) groups is 4. The van der Waals surface area contributed by atoms with Crippen molar-refractivity contribution in [1.82, 2.24) is 10.6 Å². The molecule has 1 aliphatic heterocycles. The third-order valence-corrected chi connectivity index (χ3v) is 4.32. The lowest BCUT2D eigenvalue weighted by molar-refractivity contribution is -0.139. The van der Waals surface area contributed by atoms with Gasteiger partial charge in [0.25, 0.3) is 5.91 Å². The molecule has 0 bridgehead atoms. The molecule has 1 aromatic rings.